The van der Waals surface area contributed by atoms with Gasteiger partial charge in [0.25, 0.3) is 0 Å². The molecule has 17 heavy (non-hydrogen) atoms. The van der Waals surface area contributed by atoms with Crippen molar-refractivity contribution in [1.29, 1.82) is 0 Å². The van der Waals surface area contributed by atoms with Crippen molar-refractivity contribution < 1.29 is 4.84 Å². The van der Waals surface area contributed by atoms with Crippen molar-refractivity contribution in [3.05, 3.63) is 28.8 Å². The van der Waals surface area contributed by atoms with Crippen molar-refractivity contribution in [2.24, 2.45) is 11.1 Å². The lowest BCUT2D eigenvalue weighted by atomic mass is 9.90. The fourth-order valence-corrected chi connectivity index (χ4v) is 2.95. The number of nitrogen functional groups attached to an aromatic ring is 1. The van der Waals surface area contributed by atoms with Crippen LogP contribution in [0.4, 0.5) is 5.69 Å². The van der Waals surface area contributed by atoms with Crippen molar-refractivity contribution in [1.82, 2.24) is 0 Å². The van der Waals surface area contributed by atoms with E-state index < -0.39 is 0 Å². The van der Waals surface area contributed by atoms with E-state index in [9.17, 15) is 0 Å². The molecule has 2 atom stereocenters. The lowest BCUT2D eigenvalue weighted by Gasteiger charge is -2.13. The summed E-state index contributed by atoms with van der Waals surface area (Å²) in [4.78, 5) is 5.52. The molecule has 2 N–H and O–H groups in total. The summed E-state index contributed by atoms with van der Waals surface area (Å²) < 4.78 is 0. The van der Waals surface area contributed by atoms with Crippen LogP contribution in [0.5, 0.6) is 0 Å². The topological polar surface area (TPSA) is 47.6 Å². The lowest BCUT2D eigenvalue weighted by Crippen LogP contribution is -2.18. The summed E-state index contributed by atoms with van der Waals surface area (Å²) >= 11 is 0. The maximum atomic E-state index is 6.00. The van der Waals surface area contributed by atoms with Crippen LogP contribution >= 0.6 is 0 Å². The van der Waals surface area contributed by atoms with E-state index in [-0.39, 0.29) is 0 Å². The summed E-state index contributed by atoms with van der Waals surface area (Å²) in [6.45, 7) is 4.16. The molecule has 1 aromatic carbocycles. The number of hydrogen-bond donors (Lipinski definition) is 1. The number of hydrogen-bond acceptors (Lipinski definition) is 3. The molecule has 3 nitrogen and oxygen atoms in total. The molecule has 2 unspecified atom stereocenters. The van der Waals surface area contributed by atoms with Gasteiger partial charge in [0.15, 0.2) is 0 Å². The number of nitrogens with two attached hydrogens (primary N) is 1. The van der Waals surface area contributed by atoms with Gasteiger partial charge >= 0.3 is 0 Å². The first-order valence-corrected chi connectivity index (χ1v) is 6.27. The third-order valence-electron chi connectivity index (χ3n) is 3.98. The van der Waals surface area contributed by atoms with Crippen molar-refractivity contribution in [3.8, 4) is 0 Å². The Balaban J connectivity index is 2.02. The SMILES string of the molecule is Cc1cc(C)c(C2=NOC3CCCC23)cc1N. The van der Waals surface area contributed by atoms with Gasteiger partial charge in [-0.1, -0.05) is 11.2 Å². The second-order valence-electron chi connectivity index (χ2n) is 5.18. The van der Waals surface area contributed by atoms with Crippen LogP contribution in [0.25, 0.3) is 0 Å². The number of fused-ring (bicyclic) bond motifs is 1. The first kappa shape index (κ1) is 10.6. The molecule has 3 heteroatoms. The molecular weight excluding hydrogens is 212 g/mol. The zero-order valence-corrected chi connectivity index (χ0v) is 10.4. The molecule has 0 amide bonds. The fraction of sp³-hybridized carbons (Fsp3) is 0.500. The highest BCUT2D eigenvalue weighted by atomic mass is 16.6. The molecule has 0 saturated heterocycles. The molecule has 90 valence electrons. The number of oxime groups is 1. The van der Waals surface area contributed by atoms with Gasteiger partial charge in [-0.2, -0.15) is 0 Å². The van der Waals surface area contributed by atoms with Gasteiger partial charge in [0.2, 0.25) is 0 Å². The molecule has 1 heterocycles. The van der Waals surface area contributed by atoms with Crippen LogP contribution < -0.4 is 5.73 Å². The molecule has 0 aromatic heterocycles. The maximum absolute atomic E-state index is 6.00. The zero-order chi connectivity index (χ0) is 12.0. The third-order valence-corrected chi connectivity index (χ3v) is 3.98. The molecule has 1 saturated carbocycles. The number of anilines is 1. The van der Waals surface area contributed by atoms with Gasteiger partial charge in [0.1, 0.15) is 6.10 Å². The molecule has 1 fully saturated rings. The van der Waals surface area contributed by atoms with Gasteiger partial charge in [0, 0.05) is 17.2 Å². The van der Waals surface area contributed by atoms with Crippen LogP contribution in [0.15, 0.2) is 17.3 Å². The molecule has 0 radical (unpaired) electrons. The van der Waals surface area contributed by atoms with E-state index >= 15 is 0 Å². The van der Waals surface area contributed by atoms with E-state index in [1.54, 1.807) is 0 Å². The lowest BCUT2D eigenvalue weighted by molar-refractivity contribution is 0.0746. The predicted octanol–water partition coefficient (Wildman–Crippen LogP) is 2.79. The molecule has 3 rings (SSSR count). The summed E-state index contributed by atoms with van der Waals surface area (Å²) in [6.07, 6.45) is 3.88. The Kier molecular flexibility index (Phi) is 2.35. The average Bonchev–Trinajstić information content (AvgIpc) is 2.85. The molecule has 1 aliphatic carbocycles. The second-order valence-corrected chi connectivity index (χ2v) is 5.18. The molecule has 1 aromatic rings. The first-order valence-electron chi connectivity index (χ1n) is 6.27. The molecular formula is C14H18N2O. The number of nitrogens with zero attached hydrogens (tertiary/aromatic N) is 1. The Hall–Kier alpha value is -1.51. The Labute approximate surface area is 102 Å². The van der Waals surface area contributed by atoms with Crippen LogP contribution in [0.3, 0.4) is 0 Å². The standard InChI is InChI=1S/C14H18N2O/c1-8-6-9(2)12(15)7-11(8)14-10-4-3-5-13(10)17-16-14/h6-7,10,13H,3-5,15H2,1-2H3. The summed E-state index contributed by atoms with van der Waals surface area (Å²) in [5, 5.41) is 4.28. The Morgan fingerprint density at radius 3 is 2.88 bits per heavy atom. The van der Waals surface area contributed by atoms with E-state index in [2.05, 4.69) is 18.1 Å². The van der Waals surface area contributed by atoms with Gasteiger partial charge in [-0.3, -0.25) is 0 Å². The molecule has 0 spiro atoms. The highest BCUT2D eigenvalue weighted by Gasteiger charge is 2.39. The minimum atomic E-state index is 0.312. The smallest absolute Gasteiger partial charge is 0.136 e. The van der Waals surface area contributed by atoms with Crippen LogP contribution in [0.1, 0.15) is 36.0 Å². The van der Waals surface area contributed by atoms with Crippen molar-refractivity contribution in [2.75, 3.05) is 5.73 Å². The van der Waals surface area contributed by atoms with Gasteiger partial charge in [0.05, 0.1) is 5.71 Å². The van der Waals surface area contributed by atoms with Gasteiger partial charge < -0.3 is 10.6 Å². The largest absolute Gasteiger partial charge is 0.398 e. The Morgan fingerprint density at radius 2 is 2.06 bits per heavy atom. The monoisotopic (exact) mass is 230 g/mol. The van der Waals surface area contributed by atoms with Crippen LogP contribution in [-0.4, -0.2) is 11.8 Å². The van der Waals surface area contributed by atoms with Crippen molar-refractivity contribution in [2.45, 2.75) is 39.2 Å². The molecule has 2 aliphatic rings. The van der Waals surface area contributed by atoms with Gasteiger partial charge in [-0.25, -0.2) is 0 Å². The Morgan fingerprint density at radius 1 is 1.24 bits per heavy atom. The highest BCUT2D eigenvalue weighted by Crippen LogP contribution is 2.37. The summed E-state index contributed by atoms with van der Waals surface area (Å²) in [7, 11) is 0. The van der Waals surface area contributed by atoms with E-state index in [4.69, 9.17) is 10.6 Å². The van der Waals surface area contributed by atoms with E-state index in [1.165, 1.54) is 24.0 Å². The van der Waals surface area contributed by atoms with E-state index in [1.807, 2.05) is 13.0 Å². The van der Waals surface area contributed by atoms with Crippen LogP contribution in [-0.2, 0) is 4.84 Å². The molecule has 1 aliphatic heterocycles. The quantitative estimate of drug-likeness (QED) is 0.754. The Bertz CT molecular complexity index is 493. The number of rotatable bonds is 1. The third kappa shape index (κ3) is 1.61. The number of benzene rings is 1. The predicted molar refractivity (Wildman–Crippen MR) is 69.1 cm³/mol. The normalized spacial score (nSPS) is 26.6. The minimum absolute atomic E-state index is 0.312. The highest BCUT2D eigenvalue weighted by molar-refractivity contribution is 6.05. The van der Waals surface area contributed by atoms with Crippen LogP contribution in [0, 0.1) is 19.8 Å². The minimum Gasteiger partial charge on any atom is -0.398 e. The van der Waals surface area contributed by atoms with Gasteiger partial charge in [-0.15, -0.1) is 0 Å². The van der Waals surface area contributed by atoms with E-state index in [0.717, 1.165) is 23.4 Å². The van der Waals surface area contributed by atoms with E-state index in [0.29, 0.717) is 12.0 Å². The second kappa shape index (κ2) is 3.76. The summed E-state index contributed by atoms with van der Waals surface area (Å²) in [6, 6.07) is 4.18. The summed E-state index contributed by atoms with van der Waals surface area (Å²) in [5.41, 5.74) is 11.5. The molecule has 0 bridgehead atoms. The first-order chi connectivity index (χ1) is 8.16. The number of aryl methyl sites for hydroxylation is 2. The fourth-order valence-electron chi connectivity index (χ4n) is 2.95. The maximum Gasteiger partial charge on any atom is 0.136 e. The van der Waals surface area contributed by atoms with Crippen LogP contribution in [0.2, 0.25) is 0 Å². The summed E-state index contributed by atoms with van der Waals surface area (Å²) in [5.74, 6) is 0.482. The average molecular weight is 230 g/mol. The van der Waals surface area contributed by atoms with Crippen molar-refractivity contribution >= 4 is 11.4 Å². The van der Waals surface area contributed by atoms with Gasteiger partial charge in [-0.05, 0) is 50.3 Å². The van der Waals surface area contributed by atoms with Crippen molar-refractivity contribution in [3.63, 3.8) is 0 Å². The zero-order valence-electron chi connectivity index (χ0n) is 10.4.